The first-order valence-corrected chi connectivity index (χ1v) is 6.15. The van der Waals surface area contributed by atoms with Crippen molar-refractivity contribution in [3.8, 4) is 5.75 Å². The van der Waals surface area contributed by atoms with Crippen LogP contribution in [0.2, 0.25) is 0 Å². The van der Waals surface area contributed by atoms with Crippen LogP contribution in [0.4, 0.5) is 0 Å². The van der Waals surface area contributed by atoms with Crippen LogP contribution < -0.4 is 4.74 Å². The number of hydrogen-bond acceptors (Lipinski definition) is 2. The summed E-state index contributed by atoms with van der Waals surface area (Å²) < 4.78 is 11.5. The quantitative estimate of drug-likeness (QED) is 0.775. The zero-order chi connectivity index (χ0) is 11.4. The summed E-state index contributed by atoms with van der Waals surface area (Å²) in [5, 5.41) is 0. The molecule has 2 atom stereocenters. The third-order valence-electron chi connectivity index (χ3n) is 3.06. The molecule has 2 rings (SSSR count). The Morgan fingerprint density at radius 2 is 2.25 bits per heavy atom. The van der Waals surface area contributed by atoms with E-state index in [1.54, 1.807) is 0 Å². The highest BCUT2D eigenvalue weighted by atomic mass is 16.5. The van der Waals surface area contributed by atoms with E-state index in [1.807, 2.05) is 12.1 Å². The van der Waals surface area contributed by atoms with Gasteiger partial charge in [-0.15, -0.1) is 0 Å². The van der Waals surface area contributed by atoms with Gasteiger partial charge >= 0.3 is 0 Å². The smallest absolute Gasteiger partial charge is 0.119 e. The second kappa shape index (κ2) is 5.35. The van der Waals surface area contributed by atoms with E-state index >= 15 is 0 Å². The molecule has 1 aromatic rings. The van der Waals surface area contributed by atoms with Crippen LogP contribution in [0.1, 0.15) is 32.3 Å². The molecule has 1 aliphatic rings. The Balaban J connectivity index is 1.84. The predicted molar refractivity (Wildman–Crippen MR) is 64.9 cm³/mol. The van der Waals surface area contributed by atoms with Gasteiger partial charge in [0.05, 0.1) is 12.2 Å². The lowest BCUT2D eigenvalue weighted by Gasteiger charge is -2.13. The first-order valence-electron chi connectivity index (χ1n) is 6.15. The average Bonchev–Trinajstić information content (AvgIpc) is 2.73. The lowest BCUT2D eigenvalue weighted by Crippen LogP contribution is -2.17. The molecule has 0 bridgehead atoms. The molecule has 16 heavy (non-hydrogen) atoms. The first-order chi connectivity index (χ1) is 7.78. The summed E-state index contributed by atoms with van der Waals surface area (Å²) in [6, 6.07) is 8.29. The minimum Gasteiger partial charge on any atom is -0.491 e. The summed E-state index contributed by atoms with van der Waals surface area (Å²) in [5.74, 6) is 0.961. The third-order valence-corrected chi connectivity index (χ3v) is 3.06. The zero-order valence-corrected chi connectivity index (χ0v) is 10.1. The van der Waals surface area contributed by atoms with Crippen molar-refractivity contribution in [1.29, 1.82) is 0 Å². The Hall–Kier alpha value is -1.02. The predicted octanol–water partition coefficient (Wildman–Crippen LogP) is 3.20. The van der Waals surface area contributed by atoms with Gasteiger partial charge in [0, 0.05) is 0 Å². The Labute approximate surface area is 97.6 Å². The number of rotatable bonds is 4. The molecule has 0 aliphatic carbocycles. The molecule has 2 heteroatoms. The molecule has 0 N–H and O–H groups in total. The van der Waals surface area contributed by atoms with Crippen LogP contribution >= 0.6 is 0 Å². The van der Waals surface area contributed by atoms with Crippen molar-refractivity contribution < 1.29 is 9.47 Å². The molecule has 1 aliphatic heterocycles. The number of hydrogen-bond donors (Lipinski definition) is 0. The minimum absolute atomic E-state index is 0.278. The van der Waals surface area contributed by atoms with Gasteiger partial charge < -0.3 is 9.47 Å². The molecule has 88 valence electrons. The highest BCUT2D eigenvalue weighted by Gasteiger charge is 2.22. The topological polar surface area (TPSA) is 18.5 Å². The average molecular weight is 220 g/mol. The van der Waals surface area contributed by atoms with E-state index in [-0.39, 0.29) is 6.10 Å². The normalized spacial score (nSPS) is 24.6. The second-order valence-corrected chi connectivity index (χ2v) is 4.46. The second-order valence-electron chi connectivity index (χ2n) is 4.46. The maximum atomic E-state index is 5.76. The molecule has 1 aromatic carbocycles. The summed E-state index contributed by atoms with van der Waals surface area (Å²) in [5.41, 5.74) is 1.32. The molecular formula is C14H20O2. The van der Waals surface area contributed by atoms with Crippen LogP contribution in [0.15, 0.2) is 24.3 Å². The molecular weight excluding hydrogens is 200 g/mol. The summed E-state index contributed by atoms with van der Waals surface area (Å²) in [7, 11) is 0. The molecule has 1 heterocycles. The fraction of sp³-hybridized carbons (Fsp3) is 0.571. The SMILES string of the molecule is CCc1cccc(OCC2CCC(C)O2)c1. The highest BCUT2D eigenvalue weighted by Crippen LogP contribution is 2.21. The molecule has 0 saturated carbocycles. The lowest BCUT2D eigenvalue weighted by atomic mass is 10.2. The van der Waals surface area contributed by atoms with Gasteiger partial charge in [0.2, 0.25) is 0 Å². The number of aryl methyl sites for hydroxylation is 1. The van der Waals surface area contributed by atoms with Gasteiger partial charge in [0.25, 0.3) is 0 Å². The lowest BCUT2D eigenvalue weighted by molar-refractivity contribution is 0.0264. The molecule has 2 nitrogen and oxygen atoms in total. The summed E-state index contributed by atoms with van der Waals surface area (Å²) in [4.78, 5) is 0. The van der Waals surface area contributed by atoms with E-state index in [1.165, 1.54) is 5.56 Å². The Morgan fingerprint density at radius 1 is 1.38 bits per heavy atom. The molecule has 2 unspecified atom stereocenters. The van der Waals surface area contributed by atoms with Gasteiger partial charge in [-0.3, -0.25) is 0 Å². The minimum atomic E-state index is 0.278. The van der Waals surface area contributed by atoms with Crippen molar-refractivity contribution in [3.05, 3.63) is 29.8 Å². The zero-order valence-electron chi connectivity index (χ0n) is 10.1. The van der Waals surface area contributed by atoms with Crippen molar-refractivity contribution in [2.24, 2.45) is 0 Å². The Kier molecular flexibility index (Phi) is 3.83. The Bertz CT molecular complexity index is 335. The van der Waals surface area contributed by atoms with Gasteiger partial charge in [0.1, 0.15) is 12.4 Å². The number of benzene rings is 1. The van der Waals surface area contributed by atoms with E-state index in [0.717, 1.165) is 25.0 Å². The monoisotopic (exact) mass is 220 g/mol. The van der Waals surface area contributed by atoms with Crippen LogP contribution in [0.25, 0.3) is 0 Å². The van der Waals surface area contributed by atoms with E-state index in [2.05, 4.69) is 26.0 Å². The van der Waals surface area contributed by atoms with E-state index in [0.29, 0.717) is 12.7 Å². The fourth-order valence-electron chi connectivity index (χ4n) is 2.05. The first kappa shape index (κ1) is 11.5. The maximum absolute atomic E-state index is 5.76. The van der Waals surface area contributed by atoms with E-state index in [9.17, 15) is 0 Å². The van der Waals surface area contributed by atoms with Gasteiger partial charge in [-0.25, -0.2) is 0 Å². The molecule has 0 radical (unpaired) electrons. The standard InChI is InChI=1S/C14H20O2/c1-3-12-5-4-6-13(9-12)15-10-14-8-7-11(2)16-14/h4-6,9,11,14H,3,7-8,10H2,1-2H3. The van der Waals surface area contributed by atoms with Crippen molar-refractivity contribution in [2.45, 2.75) is 45.3 Å². The fourth-order valence-corrected chi connectivity index (χ4v) is 2.05. The van der Waals surface area contributed by atoms with Crippen LogP contribution in [-0.4, -0.2) is 18.8 Å². The van der Waals surface area contributed by atoms with Crippen LogP contribution in [-0.2, 0) is 11.2 Å². The Morgan fingerprint density at radius 3 is 2.94 bits per heavy atom. The van der Waals surface area contributed by atoms with Crippen molar-refractivity contribution >= 4 is 0 Å². The van der Waals surface area contributed by atoms with Crippen LogP contribution in [0.3, 0.4) is 0 Å². The van der Waals surface area contributed by atoms with Gasteiger partial charge in [-0.05, 0) is 43.9 Å². The molecule has 1 saturated heterocycles. The molecule has 0 aromatic heterocycles. The highest BCUT2D eigenvalue weighted by molar-refractivity contribution is 5.28. The number of ether oxygens (including phenoxy) is 2. The van der Waals surface area contributed by atoms with Crippen LogP contribution in [0.5, 0.6) is 5.75 Å². The van der Waals surface area contributed by atoms with Gasteiger partial charge in [0.15, 0.2) is 0 Å². The van der Waals surface area contributed by atoms with E-state index in [4.69, 9.17) is 9.47 Å². The van der Waals surface area contributed by atoms with E-state index < -0.39 is 0 Å². The van der Waals surface area contributed by atoms with Gasteiger partial charge in [-0.2, -0.15) is 0 Å². The summed E-state index contributed by atoms with van der Waals surface area (Å²) in [6.45, 7) is 4.95. The summed E-state index contributed by atoms with van der Waals surface area (Å²) >= 11 is 0. The third kappa shape index (κ3) is 2.99. The molecule has 1 fully saturated rings. The maximum Gasteiger partial charge on any atom is 0.119 e. The molecule has 0 amide bonds. The van der Waals surface area contributed by atoms with Crippen molar-refractivity contribution in [3.63, 3.8) is 0 Å². The molecule has 0 spiro atoms. The van der Waals surface area contributed by atoms with Crippen LogP contribution in [0, 0.1) is 0 Å². The summed E-state index contributed by atoms with van der Waals surface area (Å²) in [6.07, 6.45) is 4.00. The van der Waals surface area contributed by atoms with Crippen molar-refractivity contribution in [2.75, 3.05) is 6.61 Å². The van der Waals surface area contributed by atoms with Crippen molar-refractivity contribution in [1.82, 2.24) is 0 Å². The largest absolute Gasteiger partial charge is 0.491 e. The van der Waals surface area contributed by atoms with Gasteiger partial charge in [-0.1, -0.05) is 19.1 Å².